The van der Waals surface area contributed by atoms with Crippen molar-refractivity contribution in [1.82, 2.24) is 14.8 Å². The van der Waals surface area contributed by atoms with Crippen molar-refractivity contribution < 1.29 is 18.3 Å². The van der Waals surface area contributed by atoms with Crippen molar-refractivity contribution in [3.8, 4) is 11.4 Å². The summed E-state index contributed by atoms with van der Waals surface area (Å²) in [6, 6.07) is 4.95. The number of hydrogen-bond donors (Lipinski definition) is 1. The van der Waals surface area contributed by atoms with Crippen LogP contribution in [-0.4, -0.2) is 26.5 Å². The van der Waals surface area contributed by atoms with Crippen LogP contribution >= 0.6 is 0 Å². The molecule has 4 nitrogen and oxygen atoms in total. The van der Waals surface area contributed by atoms with Gasteiger partial charge in [-0.25, -0.2) is 9.67 Å². The van der Waals surface area contributed by atoms with Crippen LogP contribution < -0.4 is 0 Å². The van der Waals surface area contributed by atoms with Crippen molar-refractivity contribution in [3.63, 3.8) is 0 Å². The van der Waals surface area contributed by atoms with Crippen molar-refractivity contribution in [1.29, 1.82) is 0 Å². The van der Waals surface area contributed by atoms with Gasteiger partial charge < -0.3 is 5.11 Å². The van der Waals surface area contributed by atoms with Crippen molar-refractivity contribution in [2.45, 2.75) is 33.0 Å². The van der Waals surface area contributed by atoms with Gasteiger partial charge in [-0.15, -0.1) is 0 Å². The fourth-order valence-corrected chi connectivity index (χ4v) is 2.10. The Kier molecular flexibility index (Phi) is 5.20. The maximum absolute atomic E-state index is 12.8. The molecule has 0 bridgehead atoms. The Bertz CT molecular complexity index is 705. The number of allylic oxidation sites excluding steroid dienone is 2. The summed E-state index contributed by atoms with van der Waals surface area (Å²) in [5.74, 6) is 0.832. The summed E-state index contributed by atoms with van der Waals surface area (Å²) >= 11 is 0. The number of aryl methyl sites for hydroxylation is 1. The Labute approximate surface area is 132 Å². The molecule has 1 heterocycles. The highest BCUT2D eigenvalue weighted by atomic mass is 19.4. The molecular weight excluding hydrogens is 307 g/mol. The first kappa shape index (κ1) is 17.2. The zero-order chi connectivity index (χ0) is 17.0. The van der Waals surface area contributed by atoms with Gasteiger partial charge >= 0.3 is 6.18 Å². The average molecular weight is 325 g/mol. The number of benzene rings is 1. The smallest absolute Gasteiger partial charge is 0.396 e. The minimum Gasteiger partial charge on any atom is -0.396 e. The highest BCUT2D eigenvalue weighted by Crippen LogP contribution is 2.31. The molecule has 0 fully saturated rings. The number of aromatic nitrogens is 3. The first-order valence-electron chi connectivity index (χ1n) is 7.23. The van der Waals surface area contributed by atoms with E-state index in [4.69, 9.17) is 5.11 Å². The Hall–Kier alpha value is -2.15. The number of aliphatic hydroxyl groups is 1. The highest BCUT2D eigenvalue weighted by molar-refractivity contribution is 5.62. The zero-order valence-corrected chi connectivity index (χ0v) is 12.9. The molecule has 0 unspecified atom stereocenters. The van der Waals surface area contributed by atoms with Crippen molar-refractivity contribution in [2.75, 3.05) is 6.61 Å². The molecule has 0 atom stereocenters. The van der Waals surface area contributed by atoms with Crippen LogP contribution in [0, 0.1) is 0 Å². The van der Waals surface area contributed by atoms with Crippen LogP contribution in [0.25, 0.3) is 17.0 Å². The predicted molar refractivity (Wildman–Crippen MR) is 81.5 cm³/mol. The van der Waals surface area contributed by atoms with Crippen LogP contribution in [-0.2, 0) is 12.7 Å². The van der Waals surface area contributed by atoms with E-state index in [0.29, 0.717) is 24.4 Å². The summed E-state index contributed by atoms with van der Waals surface area (Å²) < 4.78 is 40.1. The zero-order valence-electron chi connectivity index (χ0n) is 12.9. The fraction of sp³-hybridized carbons (Fsp3) is 0.375. The van der Waals surface area contributed by atoms with Crippen molar-refractivity contribution in [3.05, 3.63) is 41.7 Å². The Morgan fingerprint density at radius 2 is 2.09 bits per heavy atom. The lowest BCUT2D eigenvalue weighted by Crippen LogP contribution is -2.06. The first-order valence-corrected chi connectivity index (χ1v) is 7.23. The van der Waals surface area contributed by atoms with Gasteiger partial charge in [-0.05, 0) is 38.0 Å². The molecule has 0 saturated carbocycles. The molecule has 0 radical (unpaired) electrons. The van der Waals surface area contributed by atoms with E-state index in [-0.39, 0.29) is 12.4 Å². The van der Waals surface area contributed by atoms with E-state index in [9.17, 15) is 13.2 Å². The third kappa shape index (κ3) is 3.98. The minimum absolute atomic E-state index is 0.00702. The summed E-state index contributed by atoms with van der Waals surface area (Å²) in [5, 5.41) is 13.3. The van der Waals surface area contributed by atoms with Crippen molar-refractivity contribution in [2.24, 2.45) is 0 Å². The van der Waals surface area contributed by atoms with E-state index in [1.54, 1.807) is 10.7 Å². The Morgan fingerprint density at radius 3 is 2.70 bits per heavy atom. The molecule has 1 aromatic heterocycles. The normalized spacial score (nSPS) is 12.7. The lowest BCUT2D eigenvalue weighted by atomic mass is 10.1. The Morgan fingerprint density at radius 1 is 1.35 bits per heavy atom. The summed E-state index contributed by atoms with van der Waals surface area (Å²) in [6.07, 6.45) is -2.05. The molecule has 0 saturated heterocycles. The number of rotatable bonds is 5. The van der Waals surface area contributed by atoms with E-state index in [1.807, 2.05) is 19.9 Å². The molecule has 7 heteroatoms. The minimum atomic E-state index is -4.41. The fourth-order valence-electron chi connectivity index (χ4n) is 2.10. The molecule has 2 aromatic rings. The van der Waals surface area contributed by atoms with Gasteiger partial charge in [0.1, 0.15) is 0 Å². The largest absolute Gasteiger partial charge is 0.416 e. The van der Waals surface area contributed by atoms with Gasteiger partial charge in [-0.3, -0.25) is 0 Å². The van der Waals surface area contributed by atoms with Crippen LogP contribution in [0.3, 0.4) is 0 Å². The van der Waals surface area contributed by atoms with Crippen molar-refractivity contribution >= 4 is 5.57 Å². The molecule has 1 N–H and O–H groups in total. The number of aliphatic hydroxyl groups excluding tert-OH is 1. The quantitative estimate of drug-likeness (QED) is 0.910. The van der Waals surface area contributed by atoms with Gasteiger partial charge in [-0.1, -0.05) is 18.2 Å². The van der Waals surface area contributed by atoms with Crippen LogP contribution in [0.15, 0.2) is 30.3 Å². The Balaban J connectivity index is 2.46. The van der Waals surface area contributed by atoms with Gasteiger partial charge in [-0.2, -0.15) is 18.3 Å². The molecule has 0 spiro atoms. The summed E-state index contributed by atoms with van der Waals surface area (Å²) in [6.45, 7) is 4.16. The number of hydrogen-bond acceptors (Lipinski definition) is 3. The topological polar surface area (TPSA) is 50.9 Å². The number of halogens is 3. The summed E-state index contributed by atoms with van der Waals surface area (Å²) in [5.41, 5.74) is 0.451. The summed E-state index contributed by atoms with van der Waals surface area (Å²) in [4.78, 5) is 4.36. The third-order valence-corrected chi connectivity index (χ3v) is 3.43. The third-order valence-electron chi connectivity index (χ3n) is 3.43. The molecule has 0 aliphatic rings. The second-order valence-electron chi connectivity index (χ2n) is 5.11. The molecule has 124 valence electrons. The maximum Gasteiger partial charge on any atom is 0.416 e. The second kappa shape index (κ2) is 6.95. The van der Waals surface area contributed by atoms with Gasteiger partial charge in [0.05, 0.1) is 5.56 Å². The van der Waals surface area contributed by atoms with Gasteiger partial charge in [0.2, 0.25) is 0 Å². The lowest BCUT2D eigenvalue weighted by molar-refractivity contribution is -0.137. The lowest BCUT2D eigenvalue weighted by Gasteiger charge is -2.06. The molecule has 2 rings (SSSR count). The molecule has 0 aliphatic carbocycles. The predicted octanol–water partition coefficient (Wildman–Crippen LogP) is 3.77. The van der Waals surface area contributed by atoms with Gasteiger partial charge in [0, 0.05) is 18.7 Å². The van der Waals surface area contributed by atoms with Gasteiger partial charge in [0.15, 0.2) is 11.6 Å². The first-order chi connectivity index (χ1) is 10.9. The molecule has 23 heavy (non-hydrogen) atoms. The second-order valence-corrected chi connectivity index (χ2v) is 5.11. The van der Waals surface area contributed by atoms with Gasteiger partial charge in [0.25, 0.3) is 0 Å². The molecule has 1 aromatic carbocycles. The van der Waals surface area contributed by atoms with E-state index in [1.165, 1.54) is 6.07 Å². The standard InChI is InChI=1S/C16H18F3N3O/c1-3-11(2)15-20-14(21-22(15)8-5-9-23)12-6-4-7-13(10-12)16(17,18)19/h3-4,6-7,10,23H,5,8-9H2,1-2H3. The number of nitrogens with zero attached hydrogens (tertiary/aromatic N) is 3. The monoisotopic (exact) mass is 325 g/mol. The van der Waals surface area contributed by atoms with Crippen LogP contribution in [0.2, 0.25) is 0 Å². The average Bonchev–Trinajstić information content (AvgIpc) is 2.95. The molecule has 0 amide bonds. The van der Waals surface area contributed by atoms with E-state index >= 15 is 0 Å². The van der Waals surface area contributed by atoms with E-state index < -0.39 is 11.7 Å². The SMILES string of the molecule is CC=C(C)c1nc(-c2cccc(C(F)(F)F)c2)nn1CCCO. The van der Waals surface area contributed by atoms with Crippen LogP contribution in [0.4, 0.5) is 13.2 Å². The van der Waals surface area contributed by atoms with E-state index in [2.05, 4.69) is 10.1 Å². The van der Waals surface area contributed by atoms with Crippen LogP contribution in [0.5, 0.6) is 0 Å². The highest BCUT2D eigenvalue weighted by Gasteiger charge is 2.30. The maximum atomic E-state index is 12.8. The van der Waals surface area contributed by atoms with E-state index in [0.717, 1.165) is 17.7 Å². The molecule has 0 aliphatic heterocycles. The number of alkyl halides is 3. The summed E-state index contributed by atoms with van der Waals surface area (Å²) in [7, 11) is 0. The molecular formula is C16H18F3N3O. The van der Waals surface area contributed by atoms with Crippen LogP contribution in [0.1, 0.15) is 31.7 Å².